The van der Waals surface area contributed by atoms with Crippen LogP contribution in [0.2, 0.25) is 0 Å². The van der Waals surface area contributed by atoms with E-state index in [2.05, 4.69) is 23.8 Å². The average Bonchev–Trinajstić information content (AvgIpc) is 2.99. The lowest BCUT2D eigenvalue weighted by molar-refractivity contribution is 0.202. The molecule has 1 unspecified atom stereocenters. The lowest BCUT2D eigenvalue weighted by Crippen LogP contribution is -2.39. The highest BCUT2D eigenvalue weighted by Crippen LogP contribution is 2.21. The number of aryl methyl sites for hydroxylation is 2. The van der Waals surface area contributed by atoms with Crippen LogP contribution in [0.1, 0.15) is 44.4 Å². The SMILES string of the molecule is CC(C)CN1CCCC1Cn1nc2c(cc1=O)CCC2. The van der Waals surface area contributed by atoms with Crippen molar-refractivity contribution >= 4 is 0 Å². The standard InChI is InChI=1S/C16H25N3O/c1-12(2)10-18-8-4-6-14(18)11-19-16(20)9-13-5-3-7-15(13)17-19/h9,12,14H,3-8,10-11H2,1-2H3. The molecular formula is C16H25N3O. The number of hydrogen-bond acceptors (Lipinski definition) is 3. The topological polar surface area (TPSA) is 38.1 Å². The van der Waals surface area contributed by atoms with E-state index in [-0.39, 0.29) is 5.56 Å². The van der Waals surface area contributed by atoms with Gasteiger partial charge in [-0.25, -0.2) is 4.68 Å². The van der Waals surface area contributed by atoms with Crippen molar-refractivity contribution in [3.63, 3.8) is 0 Å². The van der Waals surface area contributed by atoms with E-state index in [0.29, 0.717) is 12.0 Å². The third-order valence-corrected chi connectivity index (χ3v) is 4.51. The largest absolute Gasteiger partial charge is 0.298 e. The van der Waals surface area contributed by atoms with E-state index in [4.69, 9.17) is 0 Å². The fourth-order valence-electron chi connectivity index (χ4n) is 3.58. The molecule has 4 nitrogen and oxygen atoms in total. The van der Waals surface area contributed by atoms with Gasteiger partial charge >= 0.3 is 0 Å². The first-order valence-electron chi connectivity index (χ1n) is 7.97. The molecule has 0 amide bonds. The first-order valence-corrected chi connectivity index (χ1v) is 7.97. The maximum Gasteiger partial charge on any atom is 0.267 e. The average molecular weight is 275 g/mol. The van der Waals surface area contributed by atoms with E-state index in [0.717, 1.165) is 38.0 Å². The summed E-state index contributed by atoms with van der Waals surface area (Å²) in [5, 5.41) is 4.61. The molecule has 0 radical (unpaired) electrons. The molecule has 1 saturated heterocycles. The van der Waals surface area contributed by atoms with Crippen LogP contribution in [-0.2, 0) is 19.4 Å². The van der Waals surface area contributed by atoms with Crippen LogP contribution in [0.3, 0.4) is 0 Å². The predicted molar refractivity (Wildman–Crippen MR) is 80.0 cm³/mol. The summed E-state index contributed by atoms with van der Waals surface area (Å²) >= 11 is 0. The molecule has 1 atom stereocenters. The van der Waals surface area contributed by atoms with Crippen molar-refractivity contribution in [3.05, 3.63) is 27.7 Å². The maximum atomic E-state index is 12.2. The lowest BCUT2D eigenvalue weighted by Gasteiger charge is -2.26. The molecule has 1 fully saturated rings. The number of likely N-dealkylation sites (tertiary alicyclic amines) is 1. The van der Waals surface area contributed by atoms with Crippen LogP contribution in [0.4, 0.5) is 0 Å². The molecule has 1 aliphatic carbocycles. The van der Waals surface area contributed by atoms with Gasteiger partial charge in [-0.05, 0) is 50.1 Å². The monoisotopic (exact) mass is 275 g/mol. The van der Waals surface area contributed by atoms with Gasteiger partial charge in [-0.2, -0.15) is 5.10 Å². The number of fused-ring (bicyclic) bond motifs is 1. The van der Waals surface area contributed by atoms with Crippen molar-refractivity contribution in [3.8, 4) is 0 Å². The van der Waals surface area contributed by atoms with Gasteiger partial charge in [-0.15, -0.1) is 0 Å². The smallest absolute Gasteiger partial charge is 0.267 e. The molecule has 2 aliphatic rings. The summed E-state index contributed by atoms with van der Waals surface area (Å²) in [5.74, 6) is 0.681. The number of rotatable bonds is 4. The van der Waals surface area contributed by atoms with Gasteiger partial charge in [0.2, 0.25) is 0 Å². The first kappa shape index (κ1) is 13.8. The van der Waals surface area contributed by atoms with E-state index in [1.165, 1.54) is 24.9 Å². The molecule has 0 N–H and O–H groups in total. The molecular weight excluding hydrogens is 250 g/mol. The van der Waals surface area contributed by atoms with Crippen LogP contribution in [0.15, 0.2) is 10.9 Å². The minimum atomic E-state index is 0.0852. The Morgan fingerprint density at radius 2 is 2.20 bits per heavy atom. The zero-order chi connectivity index (χ0) is 14.1. The Hall–Kier alpha value is -1.16. The molecule has 0 spiro atoms. The Bertz CT molecular complexity index is 535. The molecule has 1 aliphatic heterocycles. The molecule has 2 heterocycles. The van der Waals surface area contributed by atoms with Gasteiger partial charge in [0.25, 0.3) is 5.56 Å². The van der Waals surface area contributed by atoms with E-state index in [1.807, 2.05) is 6.07 Å². The van der Waals surface area contributed by atoms with E-state index < -0.39 is 0 Å². The summed E-state index contributed by atoms with van der Waals surface area (Å²) in [6.45, 7) is 7.58. The van der Waals surface area contributed by atoms with Crippen molar-refractivity contribution in [2.24, 2.45) is 5.92 Å². The molecule has 1 aromatic rings. The molecule has 0 aromatic carbocycles. The molecule has 0 bridgehead atoms. The third-order valence-electron chi connectivity index (χ3n) is 4.51. The molecule has 20 heavy (non-hydrogen) atoms. The normalized spacial score (nSPS) is 22.6. The van der Waals surface area contributed by atoms with Gasteiger partial charge in [-0.3, -0.25) is 9.69 Å². The van der Waals surface area contributed by atoms with Gasteiger partial charge in [0.1, 0.15) is 0 Å². The molecule has 1 aromatic heterocycles. The number of aromatic nitrogens is 2. The van der Waals surface area contributed by atoms with E-state index >= 15 is 0 Å². The number of nitrogens with zero attached hydrogens (tertiary/aromatic N) is 3. The highest BCUT2D eigenvalue weighted by molar-refractivity contribution is 5.22. The first-order chi connectivity index (χ1) is 9.63. The summed E-state index contributed by atoms with van der Waals surface area (Å²) in [4.78, 5) is 14.7. The van der Waals surface area contributed by atoms with Crippen molar-refractivity contribution in [1.29, 1.82) is 0 Å². The van der Waals surface area contributed by atoms with E-state index in [1.54, 1.807) is 4.68 Å². The quantitative estimate of drug-likeness (QED) is 0.841. The van der Waals surface area contributed by atoms with Crippen molar-refractivity contribution in [2.45, 2.75) is 58.5 Å². The Kier molecular flexibility index (Phi) is 3.92. The summed E-state index contributed by atoms with van der Waals surface area (Å²) in [7, 11) is 0. The van der Waals surface area contributed by atoms with Gasteiger partial charge in [-0.1, -0.05) is 13.8 Å². The van der Waals surface area contributed by atoms with Gasteiger partial charge in [0.15, 0.2) is 0 Å². The van der Waals surface area contributed by atoms with Crippen LogP contribution in [0.25, 0.3) is 0 Å². The Labute approximate surface area is 120 Å². The summed E-state index contributed by atoms with van der Waals surface area (Å²) in [6, 6.07) is 2.30. The van der Waals surface area contributed by atoms with Crippen LogP contribution < -0.4 is 5.56 Å². The number of hydrogen-bond donors (Lipinski definition) is 0. The third kappa shape index (κ3) is 2.80. The van der Waals surface area contributed by atoms with Crippen LogP contribution >= 0.6 is 0 Å². The molecule has 0 saturated carbocycles. The van der Waals surface area contributed by atoms with Crippen molar-refractivity contribution in [1.82, 2.24) is 14.7 Å². The predicted octanol–water partition coefficient (Wildman–Crippen LogP) is 1.85. The Balaban J connectivity index is 1.76. The zero-order valence-electron chi connectivity index (χ0n) is 12.6. The van der Waals surface area contributed by atoms with Crippen LogP contribution in [0, 0.1) is 5.92 Å². The fourth-order valence-corrected chi connectivity index (χ4v) is 3.58. The fraction of sp³-hybridized carbons (Fsp3) is 0.750. The maximum absolute atomic E-state index is 12.2. The second-order valence-corrected chi connectivity index (χ2v) is 6.68. The highest BCUT2D eigenvalue weighted by atomic mass is 16.1. The molecule has 4 heteroatoms. The van der Waals surface area contributed by atoms with Crippen molar-refractivity contribution < 1.29 is 0 Å². The zero-order valence-corrected chi connectivity index (χ0v) is 12.6. The lowest BCUT2D eigenvalue weighted by atomic mass is 10.1. The minimum Gasteiger partial charge on any atom is -0.298 e. The van der Waals surface area contributed by atoms with Gasteiger partial charge in [0.05, 0.1) is 12.2 Å². The summed E-state index contributed by atoms with van der Waals surface area (Å²) in [5.41, 5.74) is 2.41. The second kappa shape index (κ2) is 5.68. The van der Waals surface area contributed by atoms with Crippen molar-refractivity contribution in [2.75, 3.05) is 13.1 Å². The molecule has 3 rings (SSSR count). The Morgan fingerprint density at radius 1 is 1.35 bits per heavy atom. The van der Waals surface area contributed by atoms with Crippen LogP contribution in [0.5, 0.6) is 0 Å². The van der Waals surface area contributed by atoms with Gasteiger partial charge < -0.3 is 0 Å². The Morgan fingerprint density at radius 3 is 3.00 bits per heavy atom. The van der Waals surface area contributed by atoms with Gasteiger partial charge in [0, 0.05) is 18.7 Å². The summed E-state index contributed by atoms with van der Waals surface area (Å²) in [6.07, 6.45) is 5.65. The second-order valence-electron chi connectivity index (χ2n) is 6.68. The minimum absolute atomic E-state index is 0.0852. The molecule has 110 valence electrons. The highest BCUT2D eigenvalue weighted by Gasteiger charge is 2.26. The van der Waals surface area contributed by atoms with E-state index in [9.17, 15) is 4.79 Å². The van der Waals surface area contributed by atoms with Crippen LogP contribution in [-0.4, -0.2) is 33.8 Å². The summed E-state index contributed by atoms with van der Waals surface area (Å²) < 4.78 is 1.72.